The van der Waals surface area contributed by atoms with Crippen LogP contribution in [0.25, 0.3) is 10.4 Å². The van der Waals surface area contributed by atoms with E-state index in [0.29, 0.717) is 28.7 Å². The topological polar surface area (TPSA) is 108 Å². The molecule has 1 amide bonds. The molecule has 1 saturated heterocycles. The van der Waals surface area contributed by atoms with Gasteiger partial charge in [-0.2, -0.15) is 0 Å². The predicted octanol–water partition coefficient (Wildman–Crippen LogP) is 1.90. The summed E-state index contributed by atoms with van der Waals surface area (Å²) in [6.07, 6.45) is 0.325. The van der Waals surface area contributed by atoms with Gasteiger partial charge in [0.15, 0.2) is 5.13 Å². The molecule has 0 spiro atoms. The van der Waals surface area contributed by atoms with E-state index in [1.54, 1.807) is 6.92 Å². The molecule has 1 aliphatic rings. The molecule has 0 saturated carbocycles. The number of aromatic nitrogens is 1. The Bertz CT molecular complexity index is 593. The third-order valence-electron chi connectivity index (χ3n) is 3.00. The molecular formula is C11H13N5O3S. The van der Waals surface area contributed by atoms with Gasteiger partial charge in [-0.3, -0.25) is 9.69 Å². The van der Waals surface area contributed by atoms with Gasteiger partial charge in [0.1, 0.15) is 4.88 Å². The van der Waals surface area contributed by atoms with Crippen molar-refractivity contribution >= 4 is 28.3 Å². The average Bonchev–Trinajstić information content (AvgIpc) is 2.98. The van der Waals surface area contributed by atoms with Crippen molar-refractivity contribution in [2.45, 2.75) is 13.3 Å². The minimum absolute atomic E-state index is 0.0100. The monoisotopic (exact) mass is 295 g/mol. The van der Waals surface area contributed by atoms with Crippen molar-refractivity contribution in [2.24, 2.45) is 11.0 Å². The van der Waals surface area contributed by atoms with Gasteiger partial charge < -0.3 is 4.74 Å². The quantitative estimate of drug-likeness (QED) is 0.365. The first kappa shape index (κ1) is 14.3. The second-order valence-electron chi connectivity index (χ2n) is 4.39. The summed E-state index contributed by atoms with van der Waals surface area (Å²) in [6.45, 7) is 2.43. The van der Waals surface area contributed by atoms with E-state index in [2.05, 4.69) is 19.7 Å². The maximum absolute atomic E-state index is 11.9. The van der Waals surface area contributed by atoms with Crippen molar-refractivity contribution in [3.8, 4) is 0 Å². The summed E-state index contributed by atoms with van der Waals surface area (Å²) in [6, 6.07) is 0. The van der Waals surface area contributed by atoms with E-state index < -0.39 is 5.97 Å². The lowest BCUT2D eigenvalue weighted by Crippen LogP contribution is -2.24. The fraction of sp³-hybridized carbons (Fsp3) is 0.545. The highest BCUT2D eigenvalue weighted by Crippen LogP contribution is 2.31. The lowest BCUT2D eigenvalue weighted by Gasteiger charge is -2.11. The summed E-state index contributed by atoms with van der Waals surface area (Å²) < 4.78 is 4.67. The van der Waals surface area contributed by atoms with Gasteiger partial charge in [-0.05, 0) is 18.4 Å². The standard InChI is InChI=1S/C11H13N5O3S/c1-6-9(10(18)19-2)20-11(14-6)16-5-7(3-8(16)17)4-13-15-12/h7H,3-5H2,1-2H3. The molecule has 0 aliphatic carbocycles. The molecular weight excluding hydrogens is 282 g/mol. The number of methoxy groups -OCH3 is 1. The molecule has 2 heterocycles. The van der Waals surface area contributed by atoms with Crippen LogP contribution < -0.4 is 4.90 Å². The summed E-state index contributed by atoms with van der Waals surface area (Å²) in [5, 5.41) is 3.97. The molecule has 1 unspecified atom stereocenters. The van der Waals surface area contributed by atoms with Crippen LogP contribution in [-0.4, -0.2) is 37.1 Å². The van der Waals surface area contributed by atoms with Crippen molar-refractivity contribution in [2.75, 3.05) is 25.1 Å². The minimum atomic E-state index is -0.455. The third kappa shape index (κ3) is 2.73. The smallest absolute Gasteiger partial charge is 0.350 e. The van der Waals surface area contributed by atoms with Crippen LogP contribution in [0, 0.1) is 12.8 Å². The van der Waals surface area contributed by atoms with Crippen molar-refractivity contribution in [3.05, 3.63) is 21.0 Å². The van der Waals surface area contributed by atoms with Crippen molar-refractivity contribution in [3.63, 3.8) is 0 Å². The lowest BCUT2D eigenvalue weighted by atomic mass is 10.1. The first-order valence-electron chi connectivity index (χ1n) is 5.93. The van der Waals surface area contributed by atoms with E-state index in [-0.39, 0.29) is 18.4 Å². The number of rotatable bonds is 4. The summed E-state index contributed by atoms with van der Waals surface area (Å²) in [4.78, 5) is 32.4. The number of anilines is 1. The molecule has 2 rings (SSSR count). The number of aryl methyl sites for hydroxylation is 1. The third-order valence-corrected chi connectivity index (χ3v) is 4.16. The Hall–Kier alpha value is -2.12. The summed E-state index contributed by atoms with van der Waals surface area (Å²) >= 11 is 1.14. The Kier molecular flexibility index (Phi) is 4.21. The van der Waals surface area contributed by atoms with Gasteiger partial charge in [0, 0.05) is 24.4 Å². The number of nitrogens with zero attached hydrogens (tertiary/aromatic N) is 5. The van der Waals surface area contributed by atoms with Crippen LogP contribution in [0.1, 0.15) is 21.8 Å². The van der Waals surface area contributed by atoms with Crippen LogP contribution in [0.5, 0.6) is 0 Å². The zero-order chi connectivity index (χ0) is 14.7. The number of carbonyl (C=O) groups excluding carboxylic acids is 2. The van der Waals surface area contributed by atoms with Crippen LogP contribution in [0.2, 0.25) is 0 Å². The number of thiazole rings is 1. The largest absolute Gasteiger partial charge is 0.465 e. The second kappa shape index (κ2) is 5.89. The van der Waals surface area contributed by atoms with Gasteiger partial charge in [-0.15, -0.1) is 0 Å². The molecule has 1 fully saturated rings. The van der Waals surface area contributed by atoms with Gasteiger partial charge >= 0.3 is 5.97 Å². The molecule has 106 valence electrons. The van der Waals surface area contributed by atoms with Crippen molar-refractivity contribution in [1.82, 2.24) is 4.98 Å². The summed E-state index contributed by atoms with van der Waals surface area (Å²) in [5.41, 5.74) is 8.85. The molecule has 20 heavy (non-hydrogen) atoms. The Balaban J connectivity index is 2.18. The fourth-order valence-corrected chi connectivity index (χ4v) is 3.03. The van der Waals surface area contributed by atoms with E-state index in [4.69, 9.17) is 5.53 Å². The van der Waals surface area contributed by atoms with Crippen molar-refractivity contribution < 1.29 is 14.3 Å². The molecule has 1 aromatic heterocycles. The number of azide groups is 1. The van der Waals surface area contributed by atoms with E-state index in [0.717, 1.165) is 11.3 Å². The molecule has 9 heteroatoms. The molecule has 0 N–H and O–H groups in total. The Morgan fingerprint density at radius 2 is 2.45 bits per heavy atom. The highest BCUT2D eigenvalue weighted by atomic mass is 32.1. The summed E-state index contributed by atoms with van der Waals surface area (Å²) in [7, 11) is 1.30. The van der Waals surface area contributed by atoms with E-state index in [9.17, 15) is 9.59 Å². The molecule has 0 aromatic carbocycles. The number of hydrogen-bond donors (Lipinski definition) is 0. The maximum atomic E-state index is 11.9. The first-order chi connectivity index (χ1) is 9.56. The van der Waals surface area contributed by atoms with E-state index in [1.165, 1.54) is 12.0 Å². The van der Waals surface area contributed by atoms with Gasteiger partial charge in [-0.25, -0.2) is 9.78 Å². The van der Waals surface area contributed by atoms with Crippen LogP contribution >= 0.6 is 11.3 Å². The normalized spacial score (nSPS) is 18.0. The van der Waals surface area contributed by atoms with Gasteiger partial charge in [0.25, 0.3) is 0 Å². The van der Waals surface area contributed by atoms with E-state index >= 15 is 0 Å². The maximum Gasteiger partial charge on any atom is 0.350 e. The highest BCUT2D eigenvalue weighted by molar-refractivity contribution is 7.17. The Labute approximate surface area is 119 Å². The van der Waals surface area contributed by atoms with Crippen LogP contribution in [0.3, 0.4) is 0 Å². The summed E-state index contributed by atoms with van der Waals surface area (Å²) in [5.74, 6) is -0.541. The molecule has 8 nitrogen and oxygen atoms in total. The fourth-order valence-electron chi connectivity index (χ4n) is 2.02. The molecule has 1 atom stereocenters. The second-order valence-corrected chi connectivity index (χ2v) is 5.37. The number of amides is 1. The van der Waals surface area contributed by atoms with Crippen molar-refractivity contribution in [1.29, 1.82) is 0 Å². The number of carbonyl (C=O) groups is 2. The average molecular weight is 295 g/mol. The SMILES string of the molecule is COC(=O)c1sc(N2CC(CN=[N+]=[N-])CC2=O)nc1C. The van der Waals surface area contributed by atoms with Gasteiger partial charge in [0.05, 0.1) is 12.8 Å². The molecule has 1 aromatic rings. The Morgan fingerprint density at radius 1 is 1.70 bits per heavy atom. The number of hydrogen-bond acceptors (Lipinski definition) is 6. The minimum Gasteiger partial charge on any atom is -0.465 e. The zero-order valence-corrected chi connectivity index (χ0v) is 11.9. The lowest BCUT2D eigenvalue weighted by molar-refractivity contribution is -0.117. The number of esters is 1. The first-order valence-corrected chi connectivity index (χ1v) is 6.75. The van der Waals surface area contributed by atoms with Crippen LogP contribution in [-0.2, 0) is 9.53 Å². The van der Waals surface area contributed by atoms with Crippen LogP contribution in [0.15, 0.2) is 5.11 Å². The number of ether oxygens (including phenoxy) is 1. The molecule has 0 radical (unpaired) electrons. The van der Waals surface area contributed by atoms with Gasteiger partial charge in [-0.1, -0.05) is 16.5 Å². The van der Waals surface area contributed by atoms with Crippen LogP contribution in [0.4, 0.5) is 5.13 Å². The molecule has 1 aliphatic heterocycles. The highest BCUT2D eigenvalue weighted by Gasteiger charge is 2.32. The van der Waals surface area contributed by atoms with E-state index in [1.807, 2.05) is 0 Å². The van der Waals surface area contributed by atoms with Gasteiger partial charge in [0.2, 0.25) is 5.91 Å². The predicted molar refractivity (Wildman–Crippen MR) is 72.7 cm³/mol. The Morgan fingerprint density at radius 3 is 3.10 bits per heavy atom. The zero-order valence-electron chi connectivity index (χ0n) is 11.1. The molecule has 0 bridgehead atoms.